The molecule has 0 bridgehead atoms. The van der Waals surface area contributed by atoms with E-state index >= 15 is 0 Å². The van der Waals surface area contributed by atoms with Crippen LogP contribution in [0.5, 0.6) is 0 Å². The van der Waals surface area contributed by atoms with Crippen LogP contribution in [0.2, 0.25) is 0 Å². The van der Waals surface area contributed by atoms with Crippen LogP contribution >= 0.6 is 7.37 Å². The summed E-state index contributed by atoms with van der Waals surface area (Å²) in [6.45, 7) is 3.38. The highest BCUT2D eigenvalue weighted by atomic mass is 32.2. The number of hydrogen-bond acceptors (Lipinski definition) is 5. The third-order valence-corrected chi connectivity index (χ3v) is 4.08. The van der Waals surface area contributed by atoms with Gasteiger partial charge in [-0.3, -0.25) is 8.75 Å². The van der Waals surface area contributed by atoms with Crippen LogP contribution in [0.3, 0.4) is 0 Å². The molecule has 0 atom stereocenters. The first-order valence-electron chi connectivity index (χ1n) is 5.77. The zero-order chi connectivity index (χ0) is 14.1. The lowest BCUT2D eigenvalue weighted by atomic mass is 10.2. The largest absolute Gasteiger partial charge is 0.329 e. The van der Waals surface area contributed by atoms with Crippen LogP contribution in [-0.4, -0.2) is 40.7 Å². The SMILES string of the molecule is C#CCOS(=O)(=O)CCCCCCOP(C)(C)=O. The first-order chi connectivity index (χ1) is 8.27. The van der Waals surface area contributed by atoms with Gasteiger partial charge in [-0.25, -0.2) is 0 Å². The fraction of sp³-hybridized carbons (Fsp3) is 0.818. The predicted octanol–water partition coefficient (Wildman–Crippen LogP) is 2.08. The molecule has 0 spiro atoms. The van der Waals surface area contributed by atoms with Crippen molar-refractivity contribution in [2.45, 2.75) is 25.7 Å². The Bertz CT molecular complexity index is 404. The van der Waals surface area contributed by atoms with Crippen molar-refractivity contribution in [3.63, 3.8) is 0 Å². The Morgan fingerprint density at radius 3 is 2.33 bits per heavy atom. The second kappa shape index (κ2) is 8.71. The van der Waals surface area contributed by atoms with Crippen molar-refractivity contribution in [1.82, 2.24) is 0 Å². The molecular weight excluding hydrogens is 275 g/mol. The summed E-state index contributed by atoms with van der Waals surface area (Å²) in [7, 11) is -5.87. The van der Waals surface area contributed by atoms with Crippen molar-refractivity contribution in [2.24, 2.45) is 0 Å². The minimum atomic E-state index is -3.48. The van der Waals surface area contributed by atoms with Gasteiger partial charge in [-0.15, -0.1) is 6.42 Å². The third kappa shape index (κ3) is 12.1. The van der Waals surface area contributed by atoms with Crippen LogP contribution in [0.25, 0.3) is 0 Å². The van der Waals surface area contributed by atoms with E-state index < -0.39 is 17.5 Å². The summed E-state index contributed by atoms with van der Waals surface area (Å²) in [5.41, 5.74) is 0. The third-order valence-electron chi connectivity index (χ3n) is 2.01. The van der Waals surface area contributed by atoms with Gasteiger partial charge >= 0.3 is 0 Å². The molecule has 0 amide bonds. The van der Waals surface area contributed by atoms with Gasteiger partial charge in [0.1, 0.15) is 6.61 Å². The highest BCUT2D eigenvalue weighted by Crippen LogP contribution is 2.37. The number of unbranched alkanes of at least 4 members (excludes halogenated alkanes) is 3. The predicted molar refractivity (Wildman–Crippen MR) is 72.4 cm³/mol. The lowest BCUT2D eigenvalue weighted by Gasteiger charge is -2.07. The lowest BCUT2D eigenvalue weighted by Crippen LogP contribution is -2.10. The molecule has 0 saturated carbocycles. The zero-order valence-electron chi connectivity index (χ0n) is 10.9. The summed E-state index contributed by atoms with van der Waals surface area (Å²) in [5, 5.41) is 0. The molecule has 0 radical (unpaired) electrons. The van der Waals surface area contributed by atoms with Crippen molar-refractivity contribution in [1.29, 1.82) is 0 Å². The van der Waals surface area contributed by atoms with Crippen molar-refractivity contribution < 1.29 is 21.7 Å². The maximum atomic E-state index is 11.2. The topological polar surface area (TPSA) is 69.7 Å². The number of terminal acetylenes is 1. The maximum Gasteiger partial charge on any atom is 0.268 e. The molecule has 18 heavy (non-hydrogen) atoms. The summed E-state index contributed by atoms with van der Waals surface area (Å²) >= 11 is 0. The van der Waals surface area contributed by atoms with E-state index in [-0.39, 0.29) is 12.4 Å². The van der Waals surface area contributed by atoms with Gasteiger partial charge in [-0.1, -0.05) is 18.8 Å². The molecule has 0 aromatic rings. The van der Waals surface area contributed by atoms with E-state index in [9.17, 15) is 13.0 Å². The summed E-state index contributed by atoms with van der Waals surface area (Å²) < 4.78 is 43.3. The second-order valence-electron chi connectivity index (χ2n) is 4.23. The molecule has 5 nitrogen and oxygen atoms in total. The Morgan fingerprint density at radius 1 is 1.17 bits per heavy atom. The molecule has 0 aliphatic carbocycles. The van der Waals surface area contributed by atoms with E-state index in [1.807, 2.05) is 0 Å². The molecular formula is C11H21O5PS. The van der Waals surface area contributed by atoms with Crippen molar-refractivity contribution >= 4 is 17.5 Å². The lowest BCUT2D eigenvalue weighted by molar-refractivity contribution is 0.308. The van der Waals surface area contributed by atoms with E-state index in [2.05, 4.69) is 10.1 Å². The van der Waals surface area contributed by atoms with Gasteiger partial charge in [0.15, 0.2) is 7.37 Å². The molecule has 0 saturated heterocycles. The van der Waals surface area contributed by atoms with Gasteiger partial charge in [0.2, 0.25) is 0 Å². The van der Waals surface area contributed by atoms with Crippen LogP contribution in [0.4, 0.5) is 0 Å². The van der Waals surface area contributed by atoms with E-state index in [1.165, 1.54) is 0 Å². The van der Waals surface area contributed by atoms with E-state index in [1.54, 1.807) is 13.3 Å². The minimum absolute atomic E-state index is 0.0183. The van der Waals surface area contributed by atoms with Gasteiger partial charge in [0, 0.05) is 13.3 Å². The molecule has 0 N–H and O–H groups in total. The average molecular weight is 296 g/mol. The van der Waals surface area contributed by atoms with E-state index in [0.717, 1.165) is 19.3 Å². The molecule has 0 aromatic carbocycles. The zero-order valence-corrected chi connectivity index (χ0v) is 12.6. The fourth-order valence-corrected chi connectivity index (χ4v) is 2.69. The molecule has 7 heteroatoms. The Kier molecular flexibility index (Phi) is 8.54. The van der Waals surface area contributed by atoms with Crippen molar-refractivity contribution in [2.75, 3.05) is 32.3 Å². The Morgan fingerprint density at radius 2 is 1.78 bits per heavy atom. The Hall–Kier alpha value is -0.340. The van der Waals surface area contributed by atoms with Crippen LogP contribution in [0, 0.1) is 12.3 Å². The summed E-state index contributed by atoms with van der Waals surface area (Å²) in [4.78, 5) is 0. The quantitative estimate of drug-likeness (QED) is 0.267. The standard InChI is InChI=1S/C11H21O5PS/c1-4-9-16-18(13,14)11-8-6-5-7-10-15-17(2,3)12/h1H,5-11H2,2-3H3. The average Bonchev–Trinajstić information content (AvgIpc) is 2.23. The van der Waals surface area contributed by atoms with Crippen LogP contribution < -0.4 is 0 Å². The molecule has 0 rings (SSSR count). The summed E-state index contributed by atoms with van der Waals surface area (Å²) in [6, 6.07) is 0. The maximum absolute atomic E-state index is 11.2. The Balaban J connectivity index is 3.52. The van der Waals surface area contributed by atoms with E-state index in [0.29, 0.717) is 13.0 Å². The second-order valence-corrected chi connectivity index (χ2v) is 8.75. The molecule has 0 aromatic heterocycles. The molecule has 106 valence electrons. The molecule has 0 fully saturated rings. The fourth-order valence-electron chi connectivity index (χ4n) is 1.20. The number of hydrogen-bond donors (Lipinski definition) is 0. The molecule has 0 aliphatic rings. The normalized spacial score (nSPS) is 12.3. The first-order valence-corrected chi connectivity index (χ1v) is 9.86. The Labute approximate surface area is 110 Å². The highest BCUT2D eigenvalue weighted by Gasteiger charge is 2.10. The molecule has 0 unspecified atom stereocenters. The van der Waals surface area contributed by atoms with E-state index in [4.69, 9.17) is 10.9 Å². The summed E-state index contributed by atoms with van der Waals surface area (Å²) in [6.07, 6.45) is 7.81. The smallest absolute Gasteiger partial charge is 0.268 e. The molecule has 0 heterocycles. The monoisotopic (exact) mass is 296 g/mol. The van der Waals surface area contributed by atoms with Crippen LogP contribution in [0.15, 0.2) is 0 Å². The van der Waals surface area contributed by atoms with Gasteiger partial charge in [0.05, 0.1) is 12.4 Å². The van der Waals surface area contributed by atoms with Crippen LogP contribution in [0.1, 0.15) is 25.7 Å². The van der Waals surface area contributed by atoms with Gasteiger partial charge in [0.25, 0.3) is 10.1 Å². The first kappa shape index (κ1) is 17.7. The van der Waals surface area contributed by atoms with Crippen molar-refractivity contribution in [3.05, 3.63) is 0 Å². The van der Waals surface area contributed by atoms with Gasteiger partial charge in [-0.2, -0.15) is 8.42 Å². The van der Waals surface area contributed by atoms with Crippen LogP contribution in [-0.2, 0) is 23.4 Å². The number of rotatable bonds is 10. The molecule has 0 aliphatic heterocycles. The minimum Gasteiger partial charge on any atom is -0.329 e. The highest BCUT2D eigenvalue weighted by molar-refractivity contribution is 7.86. The van der Waals surface area contributed by atoms with Gasteiger partial charge in [-0.05, 0) is 12.8 Å². The summed E-state index contributed by atoms with van der Waals surface area (Å²) in [5.74, 6) is 2.09. The van der Waals surface area contributed by atoms with Crippen molar-refractivity contribution in [3.8, 4) is 12.3 Å². The van der Waals surface area contributed by atoms with Gasteiger partial charge < -0.3 is 4.52 Å².